The maximum atomic E-state index is 14.7. The Labute approximate surface area is 449 Å². The summed E-state index contributed by atoms with van der Waals surface area (Å²) in [6.07, 6.45) is 12.2. The van der Waals surface area contributed by atoms with Gasteiger partial charge < -0.3 is 48.0 Å². The van der Waals surface area contributed by atoms with Crippen LogP contribution in [0.5, 0.6) is 0 Å². The largest absolute Gasteiger partial charge is 0.480 e. The molecule has 0 saturated heterocycles. The third-order valence-corrected chi connectivity index (χ3v) is 15.3. The first-order valence-electron chi connectivity index (χ1n) is 26.4. The fourth-order valence-electron chi connectivity index (χ4n) is 11.0. The Morgan fingerprint density at radius 1 is 0.896 bits per heavy atom. The molecule has 1 aromatic carbocycles. The van der Waals surface area contributed by atoms with Gasteiger partial charge in [0.2, 0.25) is 11.8 Å². The summed E-state index contributed by atoms with van der Waals surface area (Å²) in [4.78, 5) is 94.2. The number of rotatable bonds is 23. The summed E-state index contributed by atoms with van der Waals surface area (Å²) in [6.45, 7) is 18.2. The van der Waals surface area contributed by atoms with Crippen LogP contribution in [0.3, 0.4) is 0 Å². The van der Waals surface area contributed by atoms with Gasteiger partial charge >= 0.3 is 11.9 Å². The molecule has 8 bridgehead atoms. The zero-order chi connectivity index (χ0) is 55.8. The Hall–Kier alpha value is -8.15. The molecule has 7 rings (SSSR count). The minimum Gasteiger partial charge on any atom is -0.480 e. The van der Waals surface area contributed by atoms with E-state index in [0.717, 1.165) is 73.4 Å². The van der Waals surface area contributed by atoms with Crippen LogP contribution in [0, 0.1) is 24.7 Å². The number of carboxylic acid groups (broad SMARTS) is 2. The third-order valence-electron chi connectivity index (χ3n) is 15.3. The van der Waals surface area contributed by atoms with Crippen molar-refractivity contribution in [1.82, 2.24) is 20.6 Å². The first-order valence-corrected chi connectivity index (χ1v) is 26.4. The SMILES string of the molecule is C=CC1=C(C)C2=CC3=NC(=C(C)C4=NC(=Cc5[nH]c(c(C)c5CC)C=C1C2)C(C)=C4C(=O)O)[C@@H](CCC(=O)N[C@@H](CCCN=C(N)N)C(=O)C[C@@H](Cc1c[nH]c2ccccc12)C(=O)N[C@@H](CCCN=C(C)N)C(=O)O)[C@@H]3C. The Morgan fingerprint density at radius 2 is 1.61 bits per heavy atom. The van der Waals surface area contributed by atoms with Gasteiger partial charge in [0.05, 0.1) is 28.9 Å². The second kappa shape index (κ2) is 24.7. The first kappa shape index (κ1) is 56.6. The second-order valence-corrected chi connectivity index (χ2v) is 20.5. The van der Waals surface area contributed by atoms with Gasteiger partial charge in [0, 0.05) is 83.6 Å². The maximum Gasteiger partial charge on any atom is 0.338 e. The number of allylic oxidation sites excluding steroid dienone is 9. The highest BCUT2D eigenvalue weighted by molar-refractivity contribution is 6.29. The summed E-state index contributed by atoms with van der Waals surface area (Å²) in [6, 6.07) is 5.23. The monoisotopic (exact) mass is 1050 g/mol. The molecule has 0 unspecified atom stereocenters. The van der Waals surface area contributed by atoms with Gasteiger partial charge in [0.1, 0.15) is 6.04 Å². The van der Waals surface area contributed by atoms with E-state index in [0.29, 0.717) is 53.4 Å². The average molecular weight is 1050 g/mol. The number of nitrogens with zero attached hydrogens (tertiary/aromatic N) is 4. The van der Waals surface area contributed by atoms with E-state index in [9.17, 15) is 34.2 Å². The lowest BCUT2D eigenvalue weighted by Gasteiger charge is -2.24. The molecule has 2 amide bonds. The summed E-state index contributed by atoms with van der Waals surface area (Å²) < 4.78 is 0. The molecule has 77 heavy (non-hydrogen) atoms. The van der Waals surface area contributed by atoms with Crippen LogP contribution in [0.4, 0.5) is 0 Å². The molecule has 1 aliphatic carbocycles. The number of aromatic amines is 2. The van der Waals surface area contributed by atoms with Crippen LogP contribution >= 0.6 is 0 Å². The fraction of sp³-hybridized carbons (Fsp3) is 0.407. The molecule has 5 atom stereocenters. The molecule has 3 aliphatic heterocycles. The predicted molar refractivity (Wildman–Crippen MR) is 304 cm³/mol. The topological polar surface area (TPSA) is 309 Å². The number of aliphatic imine (C=N–C) groups is 4. The van der Waals surface area contributed by atoms with Crippen molar-refractivity contribution in [2.45, 2.75) is 125 Å². The number of Topliss-reactive ketones (excluding diaryl/α,β-unsaturated/α-hetero) is 1. The van der Waals surface area contributed by atoms with Gasteiger partial charge in [-0.15, -0.1) is 0 Å². The number of amidine groups is 1. The molecule has 0 fully saturated rings. The number of para-hydroxylation sites is 1. The molecule has 4 aliphatic rings. The average Bonchev–Trinajstić information content (AvgIpc) is 4.18. The van der Waals surface area contributed by atoms with E-state index in [-0.39, 0.29) is 75.0 Å². The summed E-state index contributed by atoms with van der Waals surface area (Å²) in [5.41, 5.74) is 30.3. The minimum absolute atomic E-state index is 0.0328. The van der Waals surface area contributed by atoms with E-state index in [1.807, 2.05) is 43.3 Å². The van der Waals surface area contributed by atoms with Crippen molar-refractivity contribution in [2.24, 2.45) is 54.9 Å². The van der Waals surface area contributed by atoms with E-state index in [4.69, 9.17) is 27.2 Å². The molecule has 3 aromatic rings. The number of carboxylic acids is 2. The smallest absolute Gasteiger partial charge is 0.338 e. The number of aliphatic carboxylic acids is 2. The maximum absolute atomic E-state index is 14.7. The number of carbonyl (C=O) groups excluding carboxylic acids is 3. The zero-order valence-electron chi connectivity index (χ0n) is 45.2. The lowest BCUT2D eigenvalue weighted by molar-refractivity contribution is -0.143. The molecule has 406 valence electrons. The van der Waals surface area contributed by atoms with Crippen molar-refractivity contribution in [3.05, 3.63) is 128 Å². The normalized spacial score (nSPS) is 18.5. The highest BCUT2D eigenvalue weighted by Crippen LogP contribution is 2.43. The van der Waals surface area contributed by atoms with Crippen LogP contribution < -0.4 is 27.8 Å². The lowest BCUT2D eigenvalue weighted by atomic mass is 9.83. The Bertz CT molecular complexity index is 3210. The van der Waals surface area contributed by atoms with Gasteiger partial charge in [0.25, 0.3) is 0 Å². The van der Waals surface area contributed by atoms with Crippen LogP contribution in [0.1, 0.15) is 121 Å². The molecule has 12 N–H and O–H groups in total. The second-order valence-electron chi connectivity index (χ2n) is 20.5. The van der Waals surface area contributed by atoms with Crippen LogP contribution in [0.2, 0.25) is 0 Å². The molecular formula is C59H73N11O7. The quantitative estimate of drug-likeness (QED) is 0.0254. The van der Waals surface area contributed by atoms with Crippen LogP contribution in [0.15, 0.2) is 120 Å². The van der Waals surface area contributed by atoms with Gasteiger partial charge in [-0.2, -0.15) is 0 Å². The summed E-state index contributed by atoms with van der Waals surface area (Å²) in [5, 5.41) is 27.4. The van der Waals surface area contributed by atoms with Crippen LogP contribution in [-0.2, 0) is 36.8 Å². The Balaban J connectivity index is 1.19. The Morgan fingerprint density at radius 3 is 2.29 bits per heavy atom. The number of ketones is 1. The molecule has 0 saturated carbocycles. The van der Waals surface area contributed by atoms with Crippen molar-refractivity contribution in [3.63, 3.8) is 0 Å². The summed E-state index contributed by atoms with van der Waals surface area (Å²) in [5.74, 6) is -5.17. The minimum atomic E-state index is -1.25. The van der Waals surface area contributed by atoms with Gasteiger partial charge in [0.15, 0.2) is 11.7 Å². The number of hydrogen-bond acceptors (Lipinski definition) is 9. The molecular weight excluding hydrogens is 975 g/mol. The van der Waals surface area contributed by atoms with Crippen molar-refractivity contribution < 1.29 is 34.2 Å². The third kappa shape index (κ3) is 12.9. The van der Waals surface area contributed by atoms with Crippen LogP contribution in [-0.4, -0.2) is 98.1 Å². The number of guanidine groups is 1. The number of aromatic nitrogens is 2. The lowest BCUT2D eigenvalue weighted by Crippen LogP contribution is -2.46. The van der Waals surface area contributed by atoms with E-state index < -0.39 is 47.5 Å². The molecule has 0 radical (unpaired) electrons. The molecule has 2 aromatic heterocycles. The number of carbonyl (C=O) groups is 5. The van der Waals surface area contributed by atoms with Crippen molar-refractivity contribution in [3.8, 4) is 0 Å². The molecule has 5 heterocycles. The fourth-order valence-corrected chi connectivity index (χ4v) is 11.0. The first-order chi connectivity index (χ1) is 36.7. The van der Waals surface area contributed by atoms with Gasteiger partial charge in [-0.05, 0) is 160 Å². The predicted octanol–water partition coefficient (Wildman–Crippen LogP) is 7.64. The van der Waals surface area contributed by atoms with E-state index in [2.05, 4.69) is 77.0 Å². The van der Waals surface area contributed by atoms with E-state index in [1.54, 1.807) is 20.0 Å². The van der Waals surface area contributed by atoms with Gasteiger partial charge in [-0.3, -0.25) is 29.4 Å². The standard InChI is InChI=1S/C59H73N11O7/c1-9-40-30(3)36-23-37(40)26-47-31(4)41(10-2)50(66-47)28-49-33(6)53(58(76)77)55(69-49)34(7)54-42(32(5)48(25-36)68-54)19-20-52(72)67-45(17-13-22-64-59(61)62)51(71)27-38(24-39-29-65-44-16-12-11-15-43(39)44)56(73)70-46(57(74)75)18-14-21-63-35(8)60/h9,11-12,15-16,25-26,28-29,32,38,42,45-46,65-66H,1,10,13-14,17-24,27H2,2-8H3,(H2,60,63)(H,67,72)(H,70,73)(H,74,75)(H,76,77)(H4,61,62,64)/t32-,38+,42-,45-,46-/m0/s1. The van der Waals surface area contributed by atoms with Crippen molar-refractivity contribution >= 4 is 75.8 Å². The number of H-pyrrole nitrogens is 2. The molecule has 18 heteroatoms. The number of benzene rings is 1. The molecule has 18 nitrogen and oxygen atoms in total. The number of nitrogens with one attached hydrogen (secondary N) is 4. The van der Waals surface area contributed by atoms with Gasteiger partial charge in [-0.25, -0.2) is 14.6 Å². The van der Waals surface area contributed by atoms with Crippen molar-refractivity contribution in [1.29, 1.82) is 0 Å². The zero-order valence-corrected chi connectivity index (χ0v) is 45.2. The summed E-state index contributed by atoms with van der Waals surface area (Å²) >= 11 is 0. The number of nitrogens with two attached hydrogens (primary N) is 3. The van der Waals surface area contributed by atoms with Gasteiger partial charge in [-0.1, -0.05) is 44.7 Å². The highest BCUT2D eigenvalue weighted by atomic mass is 16.4. The Kier molecular flexibility index (Phi) is 18.1. The van der Waals surface area contributed by atoms with E-state index >= 15 is 0 Å². The number of fused-ring (bicyclic) bond motifs is 7. The number of amides is 2. The number of hydrogen-bond donors (Lipinski definition) is 9. The van der Waals surface area contributed by atoms with E-state index in [1.165, 1.54) is 0 Å². The van der Waals surface area contributed by atoms with Crippen molar-refractivity contribution in [2.75, 3.05) is 13.1 Å². The highest BCUT2D eigenvalue weighted by Gasteiger charge is 2.38. The summed E-state index contributed by atoms with van der Waals surface area (Å²) in [7, 11) is 0. The van der Waals surface area contributed by atoms with Crippen LogP contribution in [0.25, 0.3) is 23.1 Å². The molecule has 0 spiro atoms.